The fraction of sp³-hybridized carbons (Fsp3) is 0.222. The Hall–Kier alpha value is -0.800. The number of benzene rings is 1. The molecule has 0 unspecified atom stereocenters. The van der Waals surface area contributed by atoms with Crippen molar-refractivity contribution in [3.05, 3.63) is 29.8 Å². The third kappa shape index (κ3) is 2.59. The van der Waals surface area contributed by atoms with Crippen LogP contribution in [0.5, 0.6) is 5.75 Å². The molecule has 0 radical (unpaired) electrons. The predicted octanol–water partition coefficient (Wildman–Crippen LogP) is 2.98. The normalized spacial score (nSPS) is 11.1. The van der Waals surface area contributed by atoms with Gasteiger partial charge < -0.3 is 4.74 Å². The maximum atomic E-state index is 12.8. The maximum absolute atomic E-state index is 12.8. The zero-order valence-electron chi connectivity index (χ0n) is 7.26. The third-order valence-corrected chi connectivity index (χ3v) is 1.95. The molecule has 0 aliphatic carbocycles. The number of halogens is 3. The molecular weight excluding hydrogens is 230 g/mol. The van der Waals surface area contributed by atoms with E-state index in [1.807, 2.05) is 0 Å². The molecule has 2 nitrogen and oxygen atoms in total. The van der Waals surface area contributed by atoms with Crippen LogP contribution in [0.15, 0.2) is 24.3 Å². The van der Waals surface area contributed by atoms with Gasteiger partial charge in [-0.1, -0.05) is 23.2 Å². The van der Waals surface area contributed by atoms with Crippen molar-refractivity contribution in [1.29, 1.82) is 0 Å². The maximum Gasteiger partial charge on any atom is 0.320 e. The molecule has 0 saturated carbocycles. The molecule has 0 aliphatic rings. The molecule has 0 N–H and O–H groups in total. The minimum Gasteiger partial charge on any atom is -0.497 e. The van der Waals surface area contributed by atoms with E-state index in [1.165, 1.54) is 31.4 Å². The van der Waals surface area contributed by atoms with E-state index >= 15 is 0 Å². The van der Waals surface area contributed by atoms with Crippen molar-refractivity contribution >= 4 is 29.0 Å². The highest BCUT2D eigenvalue weighted by Gasteiger charge is 2.33. The minimum absolute atomic E-state index is 0.0956. The number of Topliss-reactive ketones (excluding diaryl/α,β-unsaturated/α-hetero) is 1. The van der Waals surface area contributed by atoms with Gasteiger partial charge in [0.25, 0.3) is 0 Å². The summed E-state index contributed by atoms with van der Waals surface area (Å²) >= 11 is 10.0. The molecular formula is C9H7Cl2FO2. The van der Waals surface area contributed by atoms with Crippen LogP contribution in [0.2, 0.25) is 0 Å². The molecule has 1 aromatic rings. The van der Waals surface area contributed by atoms with Crippen LogP contribution in [0.25, 0.3) is 0 Å². The predicted molar refractivity (Wildman–Crippen MR) is 52.9 cm³/mol. The fourth-order valence-electron chi connectivity index (χ4n) is 0.906. The second kappa shape index (κ2) is 4.15. The number of hydrogen-bond acceptors (Lipinski definition) is 2. The van der Waals surface area contributed by atoms with Gasteiger partial charge >= 0.3 is 4.59 Å². The number of ketones is 1. The van der Waals surface area contributed by atoms with Crippen LogP contribution in [0, 0.1) is 0 Å². The minimum atomic E-state index is -2.88. The van der Waals surface area contributed by atoms with Gasteiger partial charge in [0.05, 0.1) is 7.11 Å². The first-order valence-electron chi connectivity index (χ1n) is 3.70. The molecule has 0 bridgehead atoms. The van der Waals surface area contributed by atoms with E-state index < -0.39 is 10.4 Å². The van der Waals surface area contributed by atoms with Crippen LogP contribution < -0.4 is 4.74 Å². The molecule has 1 rings (SSSR count). The summed E-state index contributed by atoms with van der Waals surface area (Å²) in [6.07, 6.45) is 0. The van der Waals surface area contributed by atoms with E-state index in [0.29, 0.717) is 5.75 Å². The lowest BCUT2D eigenvalue weighted by Crippen LogP contribution is -2.19. The molecule has 0 aliphatic heterocycles. The molecule has 0 fully saturated rings. The Morgan fingerprint density at radius 2 is 1.86 bits per heavy atom. The number of carbonyl (C=O) groups excluding carboxylic acids is 1. The first-order valence-corrected chi connectivity index (χ1v) is 4.46. The van der Waals surface area contributed by atoms with E-state index in [2.05, 4.69) is 0 Å². The monoisotopic (exact) mass is 236 g/mol. The highest BCUT2D eigenvalue weighted by Crippen LogP contribution is 2.27. The van der Waals surface area contributed by atoms with Crippen LogP contribution in [-0.2, 0) is 0 Å². The summed E-state index contributed by atoms with van der Waals surface area (Å²) in [7, 11) is 1.49. The summed E-state index contributed by atoms with van der Waals surface area (Å²) in [6.45, 7) is 0. The van der Waals surface area contributed by atoms with Crippen LogP contribution in [0.3, 0.4) is 0 Å². The van der Waals surface area contributed by atoms with Gasteiger partial charge in [0, 0.05) is 5.56 Å². The first-order chi connectivity index (χ1) is 6.45. The lowest BCUT2D eigenvalue weighted by atomic mass is 10.1. The van der Waals surface area contributed by atoms with Crippen LogP contribution >= 0.6 is 23.2 Å². The highest BCUT2D eigenvalue weighted by atomic mass is 35.5. The third-order valence-electron chi connectivity index (χ3n) is 1.61. The Morgan fingerprint density at radius 3 is 2.21 bits per heavy atom. The van der Waals surface area contributed by atoms with Gasteiger partial charge in [-0.15, -0.1) is 0 Å². The molecule has 0 heterocycles. The molecule has 0 aromatic heterocycles. The Bertz CT molecular complexity index is 330. The van der Waals surface area contributed by atoms with Crippen molar-refractivity contribution in [2.75, 3.05) is 7.11 Å². The van der Waals surface area contributed by atoms with Gasteiger partial charge in [-0.05, 0) is 24.3 Å². The van der Waals surface area contributed by atoms with Crippen molar-refractivity contribution in [3.63, 3.8) is 0 Å². The summed E-state index contributed by atoms with van der Waals surface area (Å²) in [5.74, 6) is -0.418. The molecule has 0 spiro atoms. The zero-order chi connectivity index (χ0) is 10.8. The van der Waals surface area contributed by atoms with Crippen LogP contribution in [0.1, 0.15) is 10.4 Å². The second-order valence-electron chi connectivity index (χ2n) is 2.56. The van der Waals surface area contributed by atoms with Gasteiger partial charge in [0.1, 0.15) is 5.75 Å². The van der Waals surface area contributed by atoms with Gasteiger partial charge in [-0.25, -0.2) is 0 Å². The first kappa shape index (κ1) is 11.3. The smallest absolute Gasteiger partial charge is 0.320 e. The standard InChI is InChI=1S/C9H7Cl2FO2/c1-14-7-4-2-6(3-5-7)8(13)9(10,11)12/h2-5H,1H3. The topological polar surface area (TPSA) is 26.3 Å². The molecule has 0 saturated heterocycles. The largest absolute Gasteiger partial charge is 0.497 e. The summed E-state index contributed by atoms with van der Waals surface area (Å²) in [6, 6.07) is 5.82. The molecule has 1 aromatic carbocycles. The number of hydrogen-bond donors (Lipinski definition) is 0. The Labute approximate surface area is 90.6 Å². The quantitative estimate of drug-likeness (QED) is 0.596. The van der Waals surface area contributed by atoms with E-state index in [-0.39, 0.29) is 5.56 Å². The molecule has 14 heavy (non-hydrogen) atoms. The second-order valence-corrected chi connectivity index (χ2v) is 3.79. The number of ether oxygens (including phenoxy) is 1. The van der Waals surface area contributed by atoms with Crippen LogP contribution in [-0.4, -0.2) is 17.5 Å². The van der Waals surface area contributed by atoms with Crippen LogP contribution in [0.4, 0.5) is 4.39 Å². The molecule has 76 valence electrons. The molecule has 0 amide bonds. The number of methoxy groups -OCH3 is 1. The Kier molecular flexibility index (Phi) is 3.34. The summed E-state index contributed by atoms with van der Waals surface area (Å²) in [4.78, 5) is 11.2. The van der Waals surface area contributed by atoms with Gasteiger partial charge in [-0.3, -0.25) is 4.79 Å². The van der Waals surface area contributed by atoms with Gasteiger partial charge in [0.15, 0.2) is 0 Å². The van der Waals surface area contributed by atoms with E-state index in [4.69, 9.17) is 27.9 Å². The molecule has 5 heteroatoms. The Morgan fingerprint density at radius 1 is 1.36 bits per heavy atom. The van der Waals surface area contributed by atoms with Gasteiger partial charge in [0.2, 0.25) is 5.78 Å². The van der Waals surface area contributed by atoms with Crippen molar-refractivity contribution in [3.8, 4) is 5.75 Å². The van der Waals surface area contributed by atoms with E-state index in [9.17, 15) is 9.18 Å². The fourth-order valence-corrected chi connectivity index (χ4v) is 1.12. The van der Waals surface area contributed by atoms with E-state index in [1.54, 1.807) is 0 Å². The average molecular weight is 237 g/mol. The lowest BCUT2D eigenvalue weighted by molar-refractivity contribution is 0.0906. The van der Waals surface area contributed by atoms with Crippen molar-refractivity contribution in [1.82, 2.24) is 0 Å². The number of alkyl halides is 3. The highest BCUT2D eigenvalue weighted by molar-refractivity contribution is 6.58. The SMILES string of the molecule is COc1ccc(C(=O)C(F)(Cl)Cl)cc1. The lowest BCUT2D eigenvalue weighted by Gasteiger charge is -2.07. The summed E-state index contributed by atoms with van der Waals surface area (Å²) in [5.41, 5.74) is 0.0956. The van der Waals surface area contributed by atoms with E-state index in [0.717, 1.165) is 0 Å². The Balaban J connectivity index is 2.93. The molecule has 0 atom stereocenters. The van der Waals surface area contributed by atoms with Crippen molar-refractivity contribution in [2.45, 2.75) is 4.59 Å². The number of rotatable bonds is 3. The zero-order valence-corrected chi connectivity index (χ0v) is 8.77. The average Bonchev–Trinajstić information content (AvgIpc) is 2.15. The number of carbonyl (C=O) groups is 1. The van der Waals surface area contributed by atoms with Gasteiger partial charge in [-0.2, -0.15) is 4.39 Å². The summed E-state index contributed by atoms with van der Waals surface area (Å²) < 4.78 is 14.8. The summed E-state index contributed by atoms with van der Waals surface area (Å²) in [5, 5.41) is 0. The van der Waals surface area contributed by atoms with Crippen molar-refractivity contribution in [2.24, 2.45) is 0 Å². The van der Waals surface area contributed by atoms with Crippen molar-refractivity contribution < 1.29 is 13.9 Å².